The fraction of sp³-hybridized carbons (Fsp3) is 0.588. The molecule has 2 atom stereocenters. The van der Waals surface area contributed by atoms with Crippen LogP contribution in [0.15, 0.2) is 30.3 Å². The van der Waals surface area contributed by atoms with E-state index in [4.69, 9.17) is 9.47 Å². The number of ether oxygens (including phenoxy) is 2. The Hall–Kier alpha value is -1.35. The third-order valence-electron chi connectivity index (χ3n) is 3.40. The minimum atomic E-state index is -0.239. The number of carbonyl (C=O) groups is 1. The van der Waals surface area contributed by atoms with Crippen LogP contribution in [0.5, 0.6) is 0 Å². The molecule has 3 heteroatoms. The van der Waals surface area contributed by atoms with E-state index in [0.29, 0.717) is 11.5 Å². The number of rotatable bonds is 9. The monoisotopic (exact) mass is 278 g/mol. The van der Waals surface area contributed by atoms with Crippen LogP contribution >= 0.6 is 0 Å². The van der Waals surface area contributed by atoms with E-state index in [1.54, 1.807) is 19.2 Å². The van der Waals surface area contributed by atoms with Gasteiger partial charge in [0.15, 0.2) is 0 Å². The normalized spacial score (nSPS) is 13.8. The smallest absolute Gasteiger partial charge is 0.338 e. The highest BCUT2D eigenvalue weighted by Gasteiger charge is 2.14. The highest BCUT2D eigenvalue weighted by atomic mass is 16.5. The molecule has 20 heavy (non-hydrogen) atoms. The number of esters is 1. The summed E-state index contributed by atoms with van der Waals surface area (Å²) in [6.07, 6.45) is 4.18. The molecule has 0 aliphatic carbocycles. The molecule has 3 nitrogen and oxygen atoms in total. The van der Waals surface area contributed by atoms with E-state index in [1.165, 1.54) is 0 Å². The van der Waals surface area contributed by atoms with Crippen LogP contribution in [-0.2, 0) is 9.47 Å². The Kier molecular flexibility index (Phi) is 7.97. The lowest BCUT2D eigenvalue weighted by Gasteiger charge is -2.18. The topological polar surface area (TPSA) is 35.5 Å². The van der Waals surface area contributed by atoms with Crippen LogP contribution in [0, 0.1) is 5.92 Å². The average Bonchev–Trinajstić information content (AvgIpc) is 2.46. The zero-order chi connectivity index (χ0) is 14.8. The van der Waals surface area contributed by atoms with Gasteiger partial charge in [0, 0.05) is 13.7 Å². The summed E-state index contributed by atoms with van der Waals surface area (Å²) in [7, 11) is 1.74. The van der Waals surface area contributed by atoms with Crippen molar-refractivity contribution in [1.29, 1.82) is 0 Å². The first-order valence-corrected chi connectivity index (χ1v) is 7.42. The molecule has 0 fully saturated rings. The highest BCUT2D eigenvalue weighted by Crippen LogP contribution is 2.17. The summed E-state index contributed by atoms with van der Waals surface area (Å²) in [4.78, 5) is 11.9. The second kappa shape index (κ2) is 9.54. The molecule has 1 aromatic rings. The first-order chi connectivity index (χ1) is 9.67. The lowest BCUT2D eigenvalue weighted by Crippen LogP contribution is -2.17. The molecule has 0 aliphatic heterocycles. The van der Waals surface area contributed by atoms with E-state index >= 15 is 0 Å². The van der Waals surface area contributed by atoms with Gasteiger partial charge >= 0.3 is 5.97 Å². The standard InChI is InChI=1S/C17H26O3/c1-4-8-15(13-19-3)12-11-14(2)20-17(18)16-9-6-5-7-10-16/h5-7,9-10,14-15H,4,8,11-13H2,1-3H3. The lowest BCUT2D eigenvalue weighted by atomic mass is 9.97. The van der Waals surface area contributed by atoms with Gasteiger partial charge in [-0.3, -0.25) is 0 Å². The van der Waals surface area contributed by atoms with Crippen molar-refractivity contribution in [2.75, 3.05) is 13.7 Å². The van der Waals surface area contributed by atoms with Crippen LogP contribution in [-0.4, -0.2) is 25.8 Å². The van der Waals surface area contributed by atoms with Gasteiger partial charge in [0.2, 0.25) is 0 Å². The van der Waals surface area contributed by atoms with Crippen molar-refractivity contribution >= 4 is 5.97 Å². The predicted molar refractivity (Wildman–Crippen MR) is 80.8 cm³/mol. The van der Waals surface area contributed by atoms with Crippen LogP contribution in [0.4, 0.5) is 0 Å². The molecule has 0 aromatic heterocycles. The molecule has 0 amide bonds. The van der Waals surface area contributed by atoms with Crippen LogP contribution in [0.2, 0.25) is 0 Å². The molecule has 2 unspecified atom stereocenters. The molecule has 1 aromatic carbocycles. The van der Waals surface area contributed by atoms with Crippen molar-refractivity contribution < 1.29 is 14.3 Å². The quantitative estimate of drug-likeness (QED) is 0.639. The van der Waals surface area contributed by atoms with E-state index < -0.39 is 0 Å². The van der Waals surface area contributed by atoms with Crippen LogP contribution in [0.1, 0.15) is 49.9 Å². The largest absolute Gasteiger partial charge is 0.459 e. The maximum atomic E-state index is 11.9. The fourth-order valence-electron chi connectivity index (χ4n) is 2.31. The molecule has 0 N–H and O–H groups in total. The highest BCUT2D eigenvalue weighted by molar-refractivity contribution is 5.89. The van der Waals surface area contributed by atoms with Crippen molar-refractivity contribution in [3.8, 4) is 0 Å². The van der Waals surface area contributed by atoms with Crippen LogP contribution in [0.25, 0.3) is 0 Å². The lowest BCUT2D eigenvalue weighted by molar-refractivity contribution is 0.0298. The third-order valence-corrected chi connectivity index (χ3v) is 3.40. The van der Waals surface area contributed by atoms with E-state index in [9.17, 15) is 4.79 Å². The maximum absolute atomic E-state index is 11.9. The van der Waals surface area contributed by atoms with Crippen LogP contribution in [0.3, 0.4) is 0 Å². The molecule has 0 aliphatic rings. The SMILES string of the molecule is CCCC(CCC(C)OC(=O)c1ccccc1)COC. The maximum Gasteiger partial charge on any atom is 0.338 e. The molecule has 0 saturated carbocycles. The van der Waals surface area contributed by atoms with Gasteiger partial charge < -0.3 is 9.47 Å². The molecule has 0 spiro atoms. The van der Waals surface area contributed by atoms with E-state index in [0.717, 1.165) is 32.3 Å². The minimum absolute atomic E-state index is 0.0566. The predicted octanol–water partition coefficient (Wildman–Crippen LogP) is 4.07. The Morgan fingerprint density at radius 2 is 1.85 bits per heavy atom. The zero-order valence-corrected chi connectivity index (χ0v) is 12.8. The summed E-state index contributed by atoms with van der Waals surface area (Å²) >= 11 is 0. The van der Waals surface area contributed by atoms with Crippen molar-refractivity contribution in [2.45, 2.75) is 45.6 Å². The summed E-state index contributed by atoms with van der Waals surface area (Å²) < 4.78 is 10.7. The first kappa shape index (κ1) is 16.7. The molecule has 1 rings (SSSR count). The summed E-state index contributed by atoms with van der Waals surface area (Å²) in [6, 6.07) is 9.13. The molecule has 0 saturated heterocycles. The molecule has 112 valence electrons. The van der Waals surface area contributed by atoms with E-state index in [2.05, 4.69) is 6.92 Å². The molecular weight excluding hydrogens is 252 g/mol. The molecular formula is C17H26O3. The van der Waals surface area contributed by atoms with E-state index in [1.807, 2.05) is 25.1 Å². The summed E-state index contributed by atoms with van der Waals surface area (Å²) in [5.74, 6) is 0.319. The van der Waals surface area contributed by atoms with Gasteiger partial charge in [0.25, 0.3) is 0 Å². The van der Waals surface area contributed by atoms with Gasteiger partial charge in [-0.1, -0.05) is 31.5 Å². The Bertz CT molecular complexity index is 369. The second-order valence-corrected chi connectivity index (χ2v) is 5.27. The zero-order valence-electron chi connectivity index (χ0n) is 12.8. The number of hydrogen-bond donors (Lipinski definition) is 0. The van der Waals surface area contributed by atoms with Gasteiger partial charge in [0.05, 0.1) is 11.7 Å². The number of methoxy groups -OCH3 is 1. The molecule has 0 bridgehead atoms. The molecule has 0 radical (unpaired) electrons. The third kappa shape index (κ3) is 6.20. The summed E-state index contributed by atoms with van der Waals surface area (Å²) in [5, 5.41) is 0. The average molecular weight is 278 g/mol. The minimum Gasteiger partial charge on any atom is -0.459 e. The van der Waals surface area contributed by atoms with Gasteiger partial charge in [-0.2, -0.15) is 0 Å². The summed E-state index contributed by atoms with van der Waals surface area (Å²) in [6.45, 7) is 4.92. The van der Waals surface area contributed by atoms with Crippen LogP contribution < -0.4 is 0 Å². The Morgan fingerprint density at radius 1 is 1.15 bits per heavy atom. The van der Waals surface area contributed by atoms with E-state index in [-0.39, 0.29) is 12.1 Å². The number of benzene rings is 1. The van der Waals surface area contributed by atoms with Crippen molar-refractivity contribution in [2.24, 2.45) is 5.92 Å². The number of carbonyl (C=O) groups excluding carboxylic acids is 1. The fourth-order valence-corrected chi connectivity index (χ4v) is 2.31. The van der Waals surface area contributed by atoms with Gasteiger partial charge in [-0.05, 0) is 44.2 Å². The Morgan fingerprint density at radius 3 is 2.45 bits per heavy atom. The van der Waals surface area contributed by atoms with Crippen molar-refractivity contribution in [3.63, 3.8) is 0 Å². The Labute approximate surface area is 122 Å². The molecule has 0 heterocycles. The van der Waals surface area contributed by atoms with Gasteiger partial charge in [0.1, 0.15) is 0 Å². The van der Waals surface area contributed by atoms with Gasteiger partial charge in [-0.25, -0.2) is 4.79 Å². The van der Waals surface area contributed by atoms with Gasteiger partial charge in [-0.15, -0.1) is 0 Å². The number of hydrogen-bond acceptors (Lipinski definition) is 3. The Balaban J connectivity index is 2.35. The first-order valence-electron chi connectivity index (χ1n) is 7.42. The second-order valence-electron chi connectivity index (χ2n) is 5.27. The van der Waals surface area contributed by atoms with Crippen molar-refractivity contribution in [3.05, 3.63) is 35.9 Å². The van der Waals surface area contributed by atoms with Crippen molar-refractivity contribution in [1.82, 2.24) is 0 Å². The summed E-state index contributed by atoms with van der Waals surface area (Å²) in [5.41, 5.74) is 0.612.